The maximum atomic E-state index is 12.6. The summed E-state index contributed by atoms with van der Waals surface area (Å²) in [6.45, 7) is 13.4. The molecule has 28 heavy (non-hydrogen) atoms. The van der Waals surface area contributed by atoms with Gasteiger partial charge in [-0.25, -0.2) is 0 Å². The van der Waals surface area contributed by atoms with Crippen molar-refractivity contribution in [1.29, 1.82) is 0 Å². The molecule has 0 aliphatic rings. The van der Waals surface area contributed by atoms with E-state index in [1.807, 2.05) is 49.4 Å². The van der Waals surface area contributed by atoms with Gasteiger partial charge in [0.15, 0.2) is 8.32 Å². The number of nitrogens with zero attached hydrogens (tertiary/aromatic N) is 1. The Balaban J connectivity index is 2.53. The number of amides is 1. The monoisotopic (exact) mass is 406 g/mol. The van der Waals surface area contributed by atoms with Gasteiger partial charge >= 0.3 is 0 Å². The zero-order valence-corrected chi connectivity index (χ0v) is 19.5. The number of nitrogens with two attached hydrogens (primary N) is 1. The smallest absolute Gasteiger partial charge is 0.239 e. The van der Waals surface area contributed by atoms with Crippen LogP contribution in [0.2, 0.25) is 18.1 Å². The number of rotatable bonds is 9. The van der Waals surface area contributed by atoms with E-state index in [2.05, 4.69) is 33.9 Å². The largest absolute Gasteiger partial charge is 0.413 e. The standard InChI is InChI=1S/C22H38N2O3Si/c1-17(20(25)18-13-9-8-10-14-18)24(5)21(26)19(23)15-11-12-16-27-28(6,7)22(2,3)4/h8-14,17,19-20,25H,15-16,23H2,1-7H3/b12-11+/t17-,19+,20+/m0/s1. The Morgan fingerprint density at radius 3 is 2.36 bits per heavy atom. The van der Waals surface area contributed by atoms with Crippen molar-refractivity contribution in [2.45, 2.75) is 70.4 Å². The Kier molecular flexibility index (Phi) is 9.08. The lowest BCUT2D eigenvalue weighted by Crippen LogP contribution is -2.47. The molecule has 1 rings (SSSR count). The molecule has 0 saturated heterocycles. The quantitative estimate of drug-likeness (QED) is 0.482. The second kappa shape index (κ2) is 10.3. The summed E-state index contributed by atoms with van der Waals surface area (Å²) in [5.41, 5.74) is 6.86. The Bertz CT molecular complexity index is 641. The van der Waals surface area contributed by atoms with Gasteiger partial charge in [0.25, 0.3) is 0 Å². The number of carbonyl (C=O) groups is 1. The molecule has 3 N–H and O–H groups in total. The van der Waals surface area contributed by atoms with E-state index in [0.717, 1.165) is 5.56 Å². The van der Waals surface area contributed by atoms with Gasteiger partial charge in [-0.05, 0) is 37.0 Å². The van der Waals surface area contributed by atoms with Crippen molar-refractivity contribution in [3.8, 4) is 0 Å². The molecule has 1 aromatic rings. The first-order chi connectivity index (χ1) is 12.9. The van der Waals surface area contributed by atoms with Crippen LogP contribution in [0.4, 0.5) is 0 Å². The van der Waals surface area contributed by atoms with Crippen LogP contribution in [0.1, 0.15) is 45.8 Å². The van der Waals surface area contributed by atoms with E-state index in [4.69, 9.17) is 10.2 Å². The fraction of sp³-hybridized carbons (Fsp3) is 0.591. The van der Waals surface area contributed by atoms with Crippen LogP contribution in [0.3, 0.4) is 0 Å². The topological polar surface area (TPSA) is 75.8 Å². The van der Waals surface area contributed by atoms with Gasteiger partial charge < -0.3 is 20.2 Å². The summed E-state index contributed by atoms with van der Waals surface area (Å²) in [6, 6.07) is 8.33. The van der Waals surface area contributed by atoms with Crippen LogP contribution in [-0.4, -0.2) is 50.0 Å². The van der Waals surface area contributed by atoms with E-state index in [9.17, 15) is 9.90 Å². The molecule has 0 unspecified atom stereocenters. The lowest BCUT2D eigenvalue weighted by atomic mass is 10.0. The molecule has 5 nitrogen and oxygen atoms in total. The molecule has 0 spiro atoms. The molecule has 3 atom stereocenters. The zero-order valence-electron chi connectivity index (χ0n) is 18.5. The van der Waals surface area contributed by atoms with Crippen LogP contribution < -0.4 is 5.73 Å². The molecular formula is C22H38N2O3Si. The van der Waals surface area contributed by atoms with Gasteiger partial charge in [-0.3, -0.25) is 4.79 Å². The summed E-state index contributed by atoms with van der Waals surface area (Å²) < 4.78 is 6.09. The van der Waals surface area contributed by atoms with Gasteiger partial charge in [0, 0.05) is 7.05 Å². The summed E-state index contributed by atoms with van der Waals surface area (Å²) in [5, 5.41) is 10.7. The van der Waals surface area contributed by atoms with Crippen LogP contribution in [0.15, 0.2) is 42.5 Å². The van der Waals surface area contributed by atoms with Crippen LogP contribution >= 0.6 is 0 Å². The van der Waals surface area contributed by atoms with Crippen molar-refractivity contribution in [3.63, 3.8) is 0 Å². The average molecular weight is 407 g/mol. The average Bonchev–Trinajstić information content (AvgIpc) is 2.64. The third-order valence-corrected chi connectivity index (χ3v) is 10.3. The minimum atomic E-state index is -1.77. The van der Waals surface area contributed by atoms with Crippen molar-refractivity contribution >= 4 is 14.2 Å². The minimum Gasteiger partial charge on any atom is -0.413 e. The molecule has 0 fully saturated rings. The van der Waals surface area contributed by atoms with E-state index in [-0.39, 0.29) is 17.0 Å². The first-order valence-electron chi connectivity index (χ1n) is 9.92. The molecule has 0 aliphatic carbocycles. The number of hydrogen-bond acceptors (Lipinski definition) is 4. The first kappa shape index (κ1) is 24.6. The van der Waals surface area contributed by atoms with E-state index >= 15 is 0 Å². The molecule has 0 heterocycles. The molecule has 1 aromatic carbocycles. The van der Waals surface area contributed by atoms with Gasteiger partial charge in [-0.1, -0.05) is 63.3 Å². The van der Waals surface area contributed by atoms with Gasteiger partial charge in [0.2, 0.25) is 5.91 Å². The predicted octanol–water partition coefficient (Wildman–Crippen LogP) is 3.86. The molecule has 0 bridgehead atoms. The molecule has 158 valence electrons. The van der Waals surface area contributed by atoms with Crippen LogP contribution in [-0.2, 0) is 9.22 Å². The number of hydrogen-bond donors (Lipinski definition) is 2. The Morgan fingerprint density at radius 1 is 1.25 bits per heavy atom. The third kappa shape index (κ3) is 6.85. The molecule has 0 aliphatic heterocycles. The highest BCUT2D eigenvalue weighted by Crippen LogP contribution is 2.36. The van der Waals surface area contributed by atoms with Gasteiger partial charge in [0.1, 0.15) is 0 Å². The van der Waals surface area contributed by atoms with Crippen LogP contribution in [0, 0.1) is 0 Å². The minimum absolute atomic E-state index is 0.172. The van der Waals surface area contributed by atoms with Crippen molar-refractivity contribution in [2.75, 3.05) is 13.7 Å². The molecule has 0 aromatic heterocycles. The number of carbonyl (C=O) groups excluding carboxylic acids is 1. The van der Waals surface area contributed by atoms with Gasteiger partial charge in [-0.2, -0.15) is 0 Å². The van der Waals surface area contributed by atoms with Crippen molar-refractivity contribution in [2.24, 2.45) is 5.73 Å². The highest BCUT2D eigenvalue weighted by molar-refractivity contribution is 6.74. The molecular weight excluding hydrogens is 368 g/mol. The third-order valence-electron chi connectivity index (χ3n) is 5.78. The fourth-order valence-electron chi connectivity index (χ4n) is 2.49. The number of benzene rings is 1. The van der Waals surface area contributed by atoms with E-state index in [0.29, 0.717) is 13.0 Å². The summed E-state index contributed by atoms with van der Waals surface area (Å²) in [6.07, 6.45) is 3.53. The van der Waals surface area contributed by atoms with Crippen molar-refractivity contribution in [1.82, 2.24) is 4.90 Å². The Labute approximate surface area is 171 Å². The maximum absolute atomic E-state index is 12.6. The number of aliphatic hydroxyl groups excluding tert-OH is 1. The zero-order chi connectivity index (χ0) is 21.5. The summed E-state index contributed by atoms with van der Waals surface area (Å²) in [4.78, 5) is 14.1. The van der Waals surface area contributed by atoms with Crippen molar-refractivity contribution < 1.29 is 14.3 Å². The van der Waals surface area contributed by atoms with Gasteiger partial charge in [-0.15, -0.1) is 0 Å². The molecule has 0 saturated carbocycles. The fourth-order valence-corrected chi connectivity index (χ4v) is 3.43. The van der Waals surface area contributed by atoms with E-state index < -0.39 is 20.5 Å². The maximum Gasteiger partial charge on any atom is 0.239 e. The second-order valence-corrected chi connectivity index (χ2v) is 13.7. The number of aliphatic hydroxyl groups is 1. The molecule has 0 radical (unpaired) electrons. The number of likely N-dealkylation sites (N-methyl/N-ethyl adjacent to an activating group) is 1. The SMILES string of the molecule is C[C@@H]([C@@H](O)c1ccccc1)N(C)C(=O)[C@H](N)C/C=C/CO[Si](C)(C)C(C)(C)C. The highest BCUT2D eigenvalue weighted by atomic mass is 28.4. The van der Waals surface area contributed by atoms with Crippen molar-refractivity contribution in [3.05, 3.63) is 48.0 Å². The van der Waals surface area contributed by atoms with E-state index in [1.54, 1.807) is 7.05 Å². The lowest BCUT2D eigenvalue weighted by molar-refractivity contribution is -0.135. The highest BCUT2D eigenvalue weighted by Gasteiger charge is 2.36. The summed E-state index contributed by atoms with van der Waals surface area (Å²) >= 11 is 0. The normalized spacial score (nSPS) is 16.0. The van der Waals surface area contributed by atoms with Crippen LogP contribution in [0.5, 0.6) is 0 Å². The van der Waals surface area contributed by atoms with Gasteiger partial charge in [0.05, 0.1) is 24.8 Å². The second-order valence-electron chi connectivity index (χ2n) is 8.93. The molecule has 1 amide bonds. The summed E-state index contributed by atoms with van der Waals surface area (Å²) in [7, 11) is -0.0832. The van der Waals surface area contributed by atoms with Crippen LogP contribution in [0.25, 0.3) is 0 Å². The Morgan fingerprint density at radius 2 is 1.82 bits per heavy atom. The first-order valence-corrected chi connectivity index (χ1v) is 12.8. The Hall–Kier alpha value is -1.47. The molecule has 6 heteroatoms. The lowest BCUT2D eigenvalue weighted by Gasteiger charge is -2.35. The van der Waals surface area contributed by atoms with E-state index in [1.165, 1.54) is 4.90 Å². The summed E-state index contributed by atoms with van der Waals surface area (Å²) in [5.74, 6) is -0.183. The predicted molar refractivity (Wildman–Crippen MR) is 119 cm³/mol.